The summed E-state index contributed by atoms with van der Waals surface area (Å²) in [5, 5.41) is 8.51. The van der Waals surface area contributed by atoms with E-state index in [2.05, 4.69) is 20.2 Å². The maximum Gasteiger partial charge on any atom is 0.277 e. The van der Waals surface area contributed by atoms with Crippen LogP contribution in [0.25, 0.3) is 11.0 Å². The molecule has 1 amide bonds. The molecule has 1 N–H and O–H groups in total. The molecule has 0 saturated carbocycles. The molecule has 2 aromatic carbocycles. The van der Waals surface area contributed by atoms with Crippen molar-refractivity contribution >= 4 is 34.4 Å². The van der Waals surface area contributed by atoms with E-state index < -0.39 is 0 Å². The van der Waals surface area contributed by atoms with Crippen molar-refractivity contribution in [2.75, 3.05) is 36.8 Å². The number of H-pyrrole nitrogens is 1. The zero-order chi connectivity index (χ0) is 22.6. The van der Waals surface area contributed by atoms with Gasteiger partial charge in [-0.05, 0) is 24.3 Å². The largest absolute Gasteiger partial charge is 0.416 e. The fourth-order valence-corrected chi connectivity index (χ4v) is 4.55. The molecule has 33 heavy (non-hydrogen) atoms. The quantitative estimate of drug-likeness (QED) is 0.418. The summed E-state index contributed by atoms with van der Waals surface area (Å²) in [6, 6.07) is 14.6. The first kappa shape index (κ1) is 21.4. The van der Waals surface area contributed by atoms with Gasteiger partial charge in [0, 0.05) is 39.0 Å². The number of carbonyl (C=O) groups is 1. The zero-order valence-corrected chi connectivity index (χ0v) is 18.7. The van der Waals surface area contributed by atoms with Crippen LogP contribution in [0.1, 0.15) is 11.7 Å². The Morgan fingerprint density at radius 1 is 1.03 bits per heavy atom. The molecule has 4 aromatic rings. The standard InChI is InChI=1S/C23H23FN6O2S/c24-16-5-1-4-8-19(16)29-11-13-30(14-12-29)22(31)15-33-23-28-27-21(32-23)10-9-20-25-17-6-2-3-7-18(17)26-20/h1-8H,9-15H2,(H,25,26). The summed E-state index contributed by atoms with van der Waals surface area (Å²) < 4.78 is 19.7. The first-order valence-corrected chi connectivity index (χ1v) is 11.8. The second-order valence-corrected chi connectivity index (χ2v) is 8.70. The number of aromatic nitrogens is 4. The van der Waals surface area contributed by atoms with E-state index in [1.807, 2.05) is 35.2 Å². The van der Waals surface area contributed by atoms with Crippen molar-refractivity contribution in [2.24, 2.45) is 0 Å². The molecule has 8 nitrogen and oxygen atoms in total. The Hall–Kier alpha value is -3.40. The molecule has 0 radical (unpaired) electrons. The number of anilines is 1. The predicted octanol–water partition coefficient (Wildman–Crippen LogP) is 3.31. The third kappa shape index (κ3) is 5.00. The molecule has 0 spiro atoms. The number of fused-ring (bicyclic) bond motifs is 1. The second-order valence-electron chi connectivity index (χ2n) is 7.77. The topological polar surface area (TPSA) is 91.1 Å². The van der Waals surface area contributed by atoms with Crippen LogP contribution in [0.5, 0.6) is 0 Å². The fraction of sp³-hybridized carbons (Fsp3) is 0.304. The first-order valence-electron chi connectivity index (χ1n) is 10.8. The van der Waals surface area contributed by atoms with Gasteiger partial charge in [0.15, 0.2) is 0 Å². The molecule has 5 rings (SSSR count). The van der Waals surface area contributed by atoms with Crippen molar-refractivity contribution < 1.29 is 13.6 Å². The van der Waals surface area contributed by atoms with Crippen molar-refractivity contribution in [1.29, 1.82) is 0 Å². The van der Waals surface area contributed by atoms with E-state index in [1.54, 1.807) is 17.0 Å². The average Bonchev–Trinajstić information content (AvgIpc) is 3.48. The molecule has 0 unspecified atom stereocenters. The molecule has 1 aliphatic heterocycles. The molecule has 1 fully saturated rings. The number of halogens is 1. The van der Waals surface area contributed by atoms with Gasteiger partial charge in [0.05, 0.1) is 22.5 Å². The molecule has 3 heterocycles. The highest BCUT2D eigenvalue weighted by molar-refractivity contribution is 7.99. The summed E-state index contributed by atoms with van der Waals surface area (Å²) in [4.78, 5) is 24.2. The lowest BCUT2D eigenvalue weighted by Gasteiger charge is -2.36. The second kappa shape index (κ2) is 9.62. The first-order chi connectivity index (χ1) is 16.2. The number of aryl methyl sites for hydroxylation is 2. The van der Waals surface area contributed by atoms with E-state index >= 15 is 0 Å². The number of para-hydroxylation sites is 3. The van der Waals surface area contributed by atoms with Crippen LogP contribution in [0.15, 0.2) is 58.2 Å². The minimum atomic E-state index is -0.236. The number of hydrogen-bond acceptors (Lipinski definition) is 7. The summed E-state index contributed by atoms with van der Waals surface area (Å²) in [7, 11) is 0. The van der Waals surface area contributed by atoms with E-state index in [1.165, 1.54) is 17.8 Å². The molecule has 170 valence electrons. The number of nitrogens with one attached hydrogen (secondary N) is 1. The van der Waals surface area contributed by atoms with Crippen LogP contribution in [0.4, 0.5) is 10.1 Å². The molecule has 1 saturated heterocycles. The van der Waals surface area contributed by atoms with E-state index in [-0.39, 0.29) is 17.5 Å². The van der Waals surface area contributed by atoms with Crippen LogP contribution in [0.3, 0.4) is 0 Å². The number of aromatic amines is 1. The van der Waals surface area contributed by atoms with Gasteiger partial charge in [-0.25, -0.2) is 9.37 Å². The van der Waals surface area contributed by atoms with Gasteiger partial charge in [-0.2, -0.15) is 0 Å². The van der Waals surface area contributed by atoms with E-state index in [9.17, 15) is 9.18 Å². The van der Waals surface area contributed by atoms with Crippen molar-refractivity contribution in [2.45, 2.75) is 18.1 Å². The highest BCUT2D eigenvalue weighted by Crippen LogP contribution is 2.22. The number of thioether (sulfide) groups is 1. The maximum absolute atomic E-state index is 14.0. The normalized spacial score (nSPS) is 14.2. The molecule has 0 aliphatic carbocycles. The summed E-state index contributed by atoms with van der Waals surface area (Å²) >= 11 is 1.24. The minimum absolute atomic E-state index is 0.00945. The maximum atomic E-state index is 14.0. The van der Waals surface area contributed by atoms with Crippen LogP contribution in [-0.2, 0) is 17.6 Å². The highest BCUT2D eigenvalue weighted by Gasteiger charge is 2.23. The Labute approximate surface area is 194 Å². The average molecular weight is 467 g/mol. The minimum Gasteiger partial charge on any atom is -0.416 e. The number of carbonyl (C=O) groups excluding carboxylic acids is 1. The number of amides is 1. The zero-order valence-electron chi connectivity index (χ0n) is 17.9. The molecule has 2 aromatic heterocycles. The van der Waals surface area contributed by atoms with Crippen LogP contribution < -0.4 is 4.90 Å². The third-order valence-corrected chi connectivity index (χ3v) is 6.41. The van der Waals surface area contributed by atoms with Crippen molar-refractivity contribution in [1.82, 2.24) is 25.1 Å². The van der Waals surface area contributed by atoms with Gasteiger partial charge in [0.2, 0.25) is 11.8 Å². The van der Waals surface area contributed by atoms with Gasteiger partial charge in [-0.1, -0.05) is 36.0 Å². The Morgan fingerprint density at radius 2 is 1.82 bits per heavy atom. The number of nitrogens with zero attached hydrogens (tertiary/aromatic N) is 5. The van der Waals surface area contributed by atoms with E-state index in [0.29, 0.717) is 55.8 Å². The monoisotopic (exact) mass is 466 g/mol. The number of benzene rings is 2. The molecular weight excluding hydrogens is 443 g/mol. The molecule has 0 bridgehead atoms. The van der Waals surface area contributed by atoms with Gasteiger partial charge >= 0.3 is 0 Å². The van der Waals surface area contributed by atoms with Crippen LogP contribution in [0.2, 0.25) is 0 Å². The Kier molecular flexibility index (Phi) is 6.25. The molecular formula is C23H23FN6O2S. The van der Waals surface area contributed by atoms with Gasteiger partial charge in [0.25, 0.3) is 5.22 Å². The van der Waals surface area contributed by atoms with Crippen molar-refractivity contribution in [3.63, 3.8) is 0 Å². The number of hydrogen-bond donors (Lipinski definition) is 1. The lowest BCUT2D eigenvalue weighted by atomic mass is 10.2. The van der Waals surface area contributed by atoms with E-state index in [0.717, 1.165) is 16.9 Å². The Balaban J connectivity index is 1.08. The third-order valence-electron chi connectivity index (χ3n) is 5.61. The van der Waals surface area contributed by atoms with Crippen molar-refractivity contribution in [3.8, 4) is 0 Å². The highest BCUT2D eigenvalue weighted by atomic mass is 32.2. The van der Waals surface area contributed by atoms with Crippen LogP contribution in [-0.4, -0.2) is 62.9 Å². The van der Waals surface area contributed by atoms with Gasteiger partial charge < -0.3 is 19.2 Å². The van der Waals surface area contributed by atoms with Crippen LogP contribution >= 0.6 is 11.8 Å². The number of piperazine rings is 1. The Bertz CT molecular complexity index is 1220. The SMILES string of the molecule is O=C(CSc1nnc(CCc2nc3ccccc3[nH]2)o1)N1CCN(c2ccccc2F)CC1. The van der Waals surface area contributed by atoms with Gasteiger partial charge in [0.1, 0.15) is 11.6 Å². The summed E-state index contributed by atoms with van der Waals surface area (Å²) in [6.07, 6.45) is 1.23. The molecule has 1 aliphatic rings. The summed E-state index contributed by atoms with van der Waals surface area (Å²) in [5.74, 6) is 1.39. The number of rotatable bonds is 7. The van der Waals surface area contributed by atoms with E-state index in [4.69, 9.17) is 4.42 Å². The molecule has 0 atom stereocenters. The smallest absolute Gasteiger partial charge is 0.277 e. The Morgan fingerprint density at radius 3 is 2.64 bits per heavy atom. The lowest BCUT2D eigenvalue weighted by Crippen LogP contribution is -2.49. The summed E-state index contributed by atoms with van der Waals surface area (Å²) in [5.41, 5.74) is 2.52. The predicted molar refractivity (Wildman–Crippen MR) is 124 cm³/mol. The van der Waals surface area contributed by atoms with Gasteiger partial charge in [-0.3, -0.25) is 4.79 Å². The number of imidazole rings is 1. The summed E-state index contributed by atoms with van der Waals surface area (Å²) in [6.45, 7) is 2.31. The fourth-order valence-electron chi connectivity index (χ4n) is 3.87. The molecule has 10 heteroatoms. The van der Waals surface area contributed by atoms with Gasteiger partial charge in [-0.15, -0.1) is 10.2 Å². The lowest BCUT2D eigenvalue weighted by molar-refractivity contribution is -0.128. The van der Waals surface area contributed by atoms with Crippen LogP contribution in [0, 0.1) is 5.82 Å². The van der Waals surface area contributed by atoms with Crippen molar-refractivity contribution in [3.05, 3.63) is 66.1 Å².